The van der Waals surface area contributed by atoms with E-state index in [2.05, 4.69) is 5.32 Å². The largest absolute Gasteiger partial charge is 0.399 e. The minimum absolute atomic E-state index is 0.259. The summed E-state index contributed by atoms with van der Waals surface area (Å²) in [6.07, 6.45) is 0. The Morgan fingerprint density at radius 3 is 2.30 bits per heavy atom. The molecular formula is C21H15N3O3. The molecule has 0 bridgehead atoms. The first-order valence-corrected chi connectivity index (χ1v) is 8.29. The van der Waals surface area contributed by atoms with Gasteiger partial charge in [0.15, 0.2) is 0 Å². The van der Waals surface area contributed by atoms with Gasteiger partial charge < -0.3 is 11.1 Å². The summed E-state index contributed by atoms with van der Waals surface area (Å²) >= 11 is 0. The second-order valence-corrected chi connectivity index (χ2v) is 6.12. The molecule has 3 amide bonds. The molecule has 1 heterocycles. The number of nitrogen functional groups attached to an aromatic ring is 1. The average Bonchev–Trinajstić information content (AvgIpc) is 2.92. The molecule has 0 aliphatic carbocycles. The van der Waals surface area contributed by atoms with E-state index in [1.807, 2.05) is 6.07 Å². The van der Waals surface area contributed by atoms with Crippen molar-refractivity contribution in [1.29, 1.82) is 0 Å². The maximum atomic E-state index is 12.7. The van der Waals surface area contributed by atoms with Crippen LogP contribution in [0.4, 0.5) is 17.1 Å². The van der Waals surface area contributed by atoms with Gasteiger partial charge in [-0.1, -0.05) is 24.3 Å². The third kappa shape index (κ3) is 2.93. The van der Waals surface area contributed by atoms with Gasteiger partial charge in [-0.05, 0) is 48.5 Å². The van der Waals surface area contributed by atoms with E-state index in [4.69, 9.17) is 5.73 Å². The van der Waals surface area contributed by atoms with Crippen molar-refractivity contribution in [2.24, 2.45) is 0 Å². The van der Waals surface area contributed by atoms with Gasteiger partial charge in [-0.2, -0.15) is 0 Å². The topological polar surface area (TPSA) is 92.5 Å². The van der Waals surface area contributed by atoms with Gasteiger partial charge in [-0.15, -0.1) is 0 Å². The number of nitrogens with zero attached hydrogens (tertiary/aromatic N) is 1. The Labute approximate surface area is 155 Å². The van der Waals surface area contributed by atoms with Crippen LogP contribution in [0, 0.1) is 0 Å². The number of hydrogen-bond donors (Lipinski definition) is 2. The highest BCUT2D eigenvalue weighted by molar-refractivity contribution is 6.34. The Morgan fingerprint density at radius 1 is 0.815 bits per heavy atom. The van der Waals surface area contributed by atoms with Gasteiger partial charge in [0.05, 0.1) is 16.8 Å². The highest BCUT2D eigenvalue weighted by Crippen LogP contribution is 2.30. The monoisotopic (exact) mass is 357 g/mol. The molecule has 27 heavy (non-hydrogen) atoms. The number of benzene rings is 3. The summed E-state index contributed by atoms with van der Waals surface area (Å²) in [5.74, 6) is -1.14. The third-order valence-electron chi connectivity index (χ3n) is 4.31. The Hall–Kier alpha value is -3.93. The van der Waals surface area contributed by atoms with Crippen molar-refractivity contribution >= 4 is 34.8 Å². The normalized spacial score (nSPS) is 12.8. The highest BCUT2D eigenvalue weighted by Gasteiger charge is 2.36. The van der Waals surface area contributed by atoms with E-state index in [1.54, 1.807) is 60.7 Å². The molecule has 0 saturated carbocycles. The molecule has 0 spiro atoms. The number of hydrogen-bond acceptors (Lipinski definition) is 4. The molecule has 6 heteroatoms. The molecule has 0 unspecified atom stereocenters. The SMILES string of the molecule is Nc1cccc(C(=O)Nc2ccc3c(c2)C(=O)N(c2ccccc2)C3=O)c1. The second-order valence-electron chi connectivity index (χ2n) is 6.12. The lowest BCUT2D eigenvalue weighted by Crippen LogP contribution is -2.29. The summed E-state index contributed by atoms with van der Waals surface area (Å²) in [6.45, 7) is 0. The molecule has 6 nitrogen and oxygen atoms in total. The number of nitrogens with one attached hydrogen (secondary N) is 1. The number of imide groups is 1. The average molecular weight is 357 g/mol. The molecule has 0 aromatic heterocycles. The van der Waals surface area contributed by atoms with Crippen molar-refractivity contribution in [3.8, 4) is 0 Å². The van der Waals surface area contributed by atoms with Crippen LogP contribution >= 0.6 is 0 Å². The van der Waals surface area contributed by atoms with E-state index < -0.39 is 5.91 Å². The molecule has 0 atom stereocenters. The van der Waals surface area contributed by atoms with Crippen molar-refractivity contribution in [1.82, 2.24) is 0 Å². The van der Waals surface area contributed by atoms with E-state index in [0.717, 1.165) is 4.90 Å². The molecule has 0 radical (unpaired) electrons. The molecule has 0 saturated heterocycles. The predicted molar refractivity (Wildman–Crippen MR) is 103 cm³/mol. The minimum atomic E-state index is -0.416. The summed E-state index contributed by atoms with van der Waals surface area (Å²) < 4.78 is 0. The smallest absolute Gasteiger partial charge is 0.266 e. The van der Waals surface area contributed by atoms with Crippen LogP contribution in [0.2, 0.25) is 0 Å². The zero-order valence-electron chi connectivity index (χ0n) is 14.2. The number of carbonyl (C=O) groups is 3. The van der Waals surface area contributed by atoms with Gasteiger partial charge in [0.2, 0.25) is 0 Å². The highest BCUT2D eigenvalue weighted by atomic mass is 16.2. The molecule has 132 valence electrons. The van der Waals surface area contributed by atoms with Gasteiger partial charge in [-0.25, -0.2) is 4.90 Å². The van der Waals surface area contributed by atoms with Crippen LogP contribution in [0.5, 0.6) is 0 Å². The van der Waals surface area contributed by atoms with E-state index in [-0.39, 0.29) is 17.4 Å². The Balaban J connectivity index is 1.62. The summed E-state index contributed by atoms with van der Waals surface area (Å²) in [7, 11) is 0. The Morgan fingerprint density at radius 2 is 1.56 bits per heavy atom. The second kappa shape index (κ2) is 6.42. The zero-order chi connectivity index (χ0) is 19.0. The summed E-state index contributed by atoms with van der Waals surface area (Å²) in [5.41, 5.74) is 8.09. The van der Waals surface area contributed by atoms with Crippen LogP contribution in [0.1, 0.15) is 31.1 Å². The predicted octanol–water partition coefficient (Wildman–Crippen LogP) is 3.32. The Kier molecular flexibility index (Phi) is 3.93. The quantitative estimate of drug-likeness (QED) is 0.555. The van der Waals surface area contributed by atoms with Crippen LogP contribution in [0.25, 0.3) is 0 Å². The van der Waals surface area contributed by atoms with Gasteiger partial charge >= 0.3 is 0 Å². The lowest BCUT2D eigenvalue weighted by atomic mass is 10.1. The molecule has 3 aromatic rings. The molecule has 4 rings (SSSR count). The number of anilines is 3. The fourth-order valence-electron chi connectivity index (χ4n) is 3.01. The number of fused-ring (bicyclic) bond motifs is 1. The first-order chi connectivity index (χ1) is 13.0. The van der Waals surface area contributed by atoms with Crippen molar-refractivity contribution in [2.45, 2.75) is 0 Å². The first-order valence-electron chi connectivity index (χ1n) is 8.29. The fourth-order valence-corrected chi connectivity index (χ4v) is 3.01. The van der Waals surface area contributed by atoms with Crippen molar-refractivity contribution in [3.05, 3.63) is 89.5 Å². The van der Waals surface area contributed by atoms with E-state index in [1.165, 1.54) is 6.07 Å². The fraction of sp³-hybridized carbons (Fsp3) is 0. The van der Waals surface area contributed by atoms with Crippen molar-refractivity contribution in [3.63, 3.8) is 0 Å². The third-order valence-corrected chi connectivity index (χ3v) is 4.31. The minimum Gasteiger partial charge on any atom is -0.399 e. The van der Waals surface area contributed by atoms with Gasteiger partial charge in [0, 0.05) is 16.9 Å². The lowest BCUT2D eigenvalue weighted by molar-refractivity contribution is 0.0924. The number of nitrogens with two attached hydrogens (primary N) is 1. The molecule has 1 aliphatic rings. The molecule has 1 aliphatic heterocycles. The zero-order valence-corrected chi connectivity index (χ0v) is 14.2. The summed E-state index contributed by atoms with van der Waals surface area (Å²) in [4.78, 5) is 38.8. The van der Waals surface area contributed by atoms with E-state index >= 15 is 0 Å². The van der Waals surface area contributed by atoms with E-state index in [0.29, 0.717) is 28.2 Å². The summed E-state index contributed by atoms with van der Waals surface area (Å²) in [6, 6.07) is 20.0. The van der Waals surface area contributed by atoms with Crippen LogP contribution < -0.4 is 16.0 Å². The molecule has 3 N–H and O–H groups in total. The first kappa shape index (κ1) is 16.5. The van der Waals surface area contributed by atoms with Gasteiger partial charge in [0.1, 0.15) is 0 Å². The van der Waals surface area contributed by atoms with Gasteiger partial charge in [-0.3, -0.25) is 14.4 Å². The van der Waals surface area contributed by atoms with Crippen molar-refractivity contribution in [2.75, 3.05) is 16.0 Å². The van der Waals surface area contributed by atoms with Crippen LogP contribution in [-0.2, 0) is 0 Å². The number of amides is 3. The van der Waals surface area contributed by atoms with Crippen LogP contribution in [0.15, 0.2) is 72.8 Å². The maximum absolute atomic E-state index is 12.7. The van der Waals surface area contributed by atoms with Crippen LogP contribution in [-0.4, -0.2) is 17.7 Å². The molecular weight excluding hydrogens is 342 g/mol. The lowest BCUT2D eigenvalue weighted by Gasteiger charge is -2.13. The maximum Gasteiger partial charge on any atom is 0.266 e. The number of para-hydroxylation sites is 1. The summed E-state index contributed by atoms with van der Waals surface area (Å²) in [5, 5.41) is 2.73. The molecule has 0 fully saturated rings. The Bertz CT molecular complexity index is 1080. The number of rotatable bonds is 3. The number of carbonyl (C=O) groups excluding carboxylic acids is 3. The van der Waals surface area contributed by atoms with Crippen molar-refractivity contribution < 1.29 is 14.4 Å². The molecule has 3 aromatic carbocycles. The standard InChI is InChI=1S/C21H15N3O3/c22-14-6-4-5-13(11-14)19(25)23-15-9-10-17-18(12-15)21(27)24(20(17)26)16-7-2-1-3-8-16/h1-12H,22H2,(H,23,25). The van der Waals surface area contributed by atoms with Gasteiger partial charge in [0.25, 0.3) is 17.7 Å². The van der Waals surface area contributed by atoms with Crippen LogP contribution in [0.3, 0.4) is 0 Å². The van der Waals surface area contributed by atoms with E-state index in [9.17, 15) is 14.4 Å².